The van der Waals surface area contributed by atoms with Gasteiger partial charge in [-0.2, -0.15) is 4.31 Å². The van der Waals surface area contributed by atoms with Crippen LogP contribution in [0.15, 0.2) is 52.5 Å². The van der Waals surface area contributed by atoms with E-state index in [1.807, 2.05) is 24.3 Å². The smallest absolute Gasteiger partial charge is 0.337 e. The van der Waals surface area contributed by atoms with Crippen LogP contribution in [0.25, 0.3) is 11.0 Å². The van der Waals surface area contributed by atoms with Gasteiger partial charge in [-0.05, 0) is 61.6 Å². The number of imidazole rings is 1. The van der Waals surface area contributed by atoms with Gasteiger partial charge in [0.2, 0.25) is 10.0 Å². The summed E-state index contributed by atoms with van der Waals surface area (Å²) in [5.74, 6) is 0.243. The van der Waals surface area contributed by atoms with E-state index in [0.29, 0.717) is 36.5 Å². The third-order valence-corrected chi connectivity index (χ3v) is 9.46. The summed E-state index contributed by atoms with van der Waals surface area (Å²) >= 11 is 1.56. The predicted molar refractivity (Wildman–Crippen MR) is 134 cm³/mol. The second-order valence-electron chi connectivity index (χ2n) is 8.88. The average molecular weight is 516 g/mol. The molecule has 3 heterocycles. The number of esters is 1. The van der Waals surface area contributed by atoms with Gasteiger partial charge in [0.15, 0.2) is 5.16 Å². The van der Waals surface area contributed by atoms with Crippen molar-refractivity contribution in [3.63, 3.8) is 0 Å². The van der Waals surface area contributed by atoms with Crippen molar-refractivity contribution in [3.8, 4) is 0 Å². The SMILES string of the molecule is COC(=O)c1cccc(CSc2nc3cc(S(=O)(=O)N4CCCC4)ccc3n2C[C@H]2CCCO2)c1. The van der Waals surface area contributed by atoms with Gasteiger partial charge < -0.3 is 14.0 Å². The molecule has 35 heavy (non-hydrogen) atoms. The fraction of sp³-hybridized carbons (Fsp3) is 0.440. The fourth-order valence-corrected chi connectivity index (χ4v) is 7.16. The quantitative estimate of drug-likeness (QED) is 0.330. The predicted octanol–water partition coefficient (Wildman–Crippen LogP) is 4.08. The number of hydrogen-bond donors (Lipinski definition) is 0. The van der Waals surface area contributed by atoms with Crippen molar-refractivity contribution < 1.29 is 22.7 Å². The molecular weight excluding hydrogens is 486 g/mol. The van der Waals surface area contributed by atoms with Crippen molar-refractivity contribution >= 4 is 38.8 Å². The molecule has 2 aliphatic heterocycles. The second-order valence-corrected chi connectivity index (χ2v) is 11.8. The zero-order chi connectivity index (χ0) is 24.4. The van der Waals surface area contributed by atoms with Gasteiger partial charge in [0.1, 0.15) is 0 Å². The molecule has 0 bridgehead atoms. The Labute approximate surface area is 209 Å². The summed E-state index contributed by atoms with van der Waals surface area (Å²) < 4.78 is 40.6. The maximum absolute atomic E-state index is 13.1. The number of aromatic nitrogens is 2. The summed E-state index contributed by atoms with van der Waals surface area (Å²) in [4.78, 5) is 17.0. The van der Waals surface area contributed by atoms with E-state index in [0.717, 1.165) is 48.5 Å². The van der Waals surface area contributed by atoms with Gasteiger partial charge in [0.05, 0.1) is 41.3 Å². The van der Waals surface area contributed by atoms with Crippen LogP contribution in [0.2, 0.25) is 0 Å². The first-order valence-electron chi connectivity index (χ1n) is 11.9. The Morgan fingerprint density at radius 1 is 1.17 bits per heavy atom. The molecule has 0 aliphatic carbocycles. The van der Waals surface area contributed by atoms with Gasteiger partial charge in [-0.1, -0.05) is 23.9 Å². The number of carbonyl (C=O) groups excluding carboxylic acids is 1. The molecule has 2 saturated heterocycles. The van der Waals surface area contributed by atoms with E-state index >= 15 is 0 Å². The fourth-order valence-electron chi connectivity index (χ4n) is 4.66. The molecule has 0 unspecified atom stereocenters. The first kappa shape index (κ1) is 24.3. The van der Waals surface area contributed by atoms with Gasteiger partial charge >= 0.3 is 5.97 Å². The number of rotatable bonds is 8. The largest absolute Gasteiger partial charge is 0.465 e. The molecule has 2 aliphatic rings. The zero-order valence-electron chi connectivity index (χ0n) is 19.7. The normalized spacial score (nSPS) is 18.9. The molecule has 3 aromatic rings. The molecule has 10 heteroatoms. The van der Waals surface area contributed by atoms with Gasteiger partial charge in [-0.25, -0.2) is 18.2 Å². The molecule has 0 saturated carbocycles. The van der Waals surface area contributed by atoms with Crippen LogP contribution in [0, 0.1) is 0 Å². The number of methoxy groups -OCH3 is 1. The van der Waals surface area contributed by atoms with Crippen LogP contribution in [-0.2, 0) is 31.8 Å². The number of hydrogen-bond acceptors (Lipinski definition) is 7. The summed E-state index contributed by atoms with van der Waals surface area (Å²) in [5.41, 5.74) is 3.04. The number of carbonyl (C=O) groups is 1. The minimum atomic E-state index is -3.52. The van der Waals surface area contributed by atoms with Crippen LogP contribution < -0.4 is 0 Å². The van der Waals surface area contributed by atoms with Crippen molar-refractivity contribution in [2.24, 2.45) is 0 Å². The lowest BCUT2D eigenvalue weighted by Crippen LogP contribution is -2.27. The standard InChI is InChI=1S/C25H29N3O5S2/c1-32-24(29)19-7-4-6-18(14-19)17-34-25-26-22-15-21(35(30,31)27-11-2-3-12-27)9-10-23(22)28(25)16-20-8-5-13-33-20/h4,6-7,9-10,14-15,20H,2-3,5,8,11-13,16-17H2,1H3/t20-/m1/s1. The van der Waals surface area contributed by atoms with E-state index in [2.05, 4.69) is 4.57 Å². The zero-order valence-corrected chi connectivity index (χ0v) is 21.3. The maximum Gasteiger partial charge on any atom is 0.337 e. The lowest BCUT2D eigenvalue weighted by atomic mass is 10.1. The van der Waals surface area contributed by atoms with Gasteiger partial charge in [-0.15, -0.1) is 0 Å². The van der Waals surface area contributed by atoms with Crippen molar-refractivity contribution in [1.29, 1.82) is 0 Å². The first-order valence-corrected chi connectivity index (χ1v) is 14.3. The molecule has 2 fully saturated rings. The molecule has 8 nitrogen and oxygen atoms in total. The minimum absolute atomic E-state index is 0.113. The van der Waals surface area contributed by atoms with E-state index in [1.54, 1.807) is 34.3 Å². The van der Waals surface area contributed by atoms with Crippen LogP contribution in [0.3, 0.4) is 0 Å². The van der Waals surface area contributed by atoms with Crippen molar-refractivity contribution in [1.82, 2.24) is 13.9 Å². The van der Waals surface area contributed by atoms with Crippen LogP contribution in [-0.4, -0.2) is 61.2 Å². The Morgan fingerprint density at radius 3 is 2.74 bits per heavy atom. The summed E-state index contributed by atoms with van der Waals surface area (Å²) in [6.07, 6.45) is 3.94. The molecule has 0 N–H and O–H groups in total. The molecule has 2 aromatic carbocycles. The molecular formula is C25H29N3O5S2. The monoisotopic (exact) mass is 515 g/mol. The Bertz CT molecular complexity index is 1330. The molecule has 1 aromatic heterocycles. The first-order chi connectivity index (χ1) is 17.0. The highest BCUT2D eigenvalue weighted by Crippen LogP contribution is 2.31. The van der Waals surface area contributed by atoms with Crippen molar-refractivity contribution in [2.75, 3.05) is 26.8 Å². The topological polar surface area (TPSA) is 90.7 Å². The lowest BCUT2D eigenvalue weighted by molar-refractivity contribution is 0.0600. The van der Waals surface area contributed by atoms with E-state index in [-0.39, 0.29) is 17.0 Å². The molecule has 5 rings (SSSR count). The van der Waals surface area contributed by atoms with Crippen LogP contribution in [0.5, 0.6) is 0 Å². The van der Waals surface area contributed by atoms with E-state index in [4.69, 9.17) is 14.5 Å². The Hall–Kier alpha value is -2.40. The number of ether oxygens (including phenoxy) is 2. The molecule has 0 spiro atoms. The van der Waals surface area contributed by atoms with Crippen molar-refractivity contribution in [3.05, 3.63) is 53.6 Å². The summed E-state index contributed by atoms with van der Waals surface area (Å²) in [6, 6.07) is 12.6. The summed E-state index contributed by atoms with van der Waals surface area (Å²) in [6.45, 7) is 2.57. The Balaban J connectivity index is 1.46. The second kappa shape index (κ2) is 10.3. The number of fused-ring (bicyclic) bond motifs is 1. The van der Waals surface area contributed by atoms with Crippen LogP contribution >= 0.6 is 11.8 Å². The van der Waals surface area contributed by atoms with Gasteiger partial charge in [-0.3, -0.25) is 0 Å². The van der Waals surface area contributed by atoms with Crippen molar-refractivity contribution in [2.45, 2.75) is 54.1 Å². The lowest BCUT2D eigenvalue weighted by Gasteiger charge is -2.16. The summed E-state index contributed by atoms with van der Waals surface area (Å²) in [5, 5.41) is 0.801. The Morgan fingerprint density at radius 2 is 2.00 bits per heavy atom. The molecule has 186 valence electrons. The average Bonchev–Trinajstić information content (AvgIpc) is 3.64. The molecule has 0 amide bonds. The van der Waals surface area contributed by atoms with E-state index in [9.17, 15) is 13.2 Å². The molecule has 1 atom stereocenters. The summed E-state index contributed by atoms with van der Waals surface area (Å²) in [7, 11) is -2.15. The van der Waals surface area contributed by atoms with Crippen LogP contribution in [0.1, 0.15) is 41.6 Å². The maximum atomic E-state index is 13.1. The number of nitrogens with zero attached hydrogens (tertiary/aromatic N) is 3. The third kappa shape index (κ3) is 5.11. The Kier molecular flexibility index (Phi) is 7.15. The van der Waals surface area contributed by atoms with Gasteiger partial charge in [0.25, 0.3) is 0 Å². The minimum Gasteiger partial charge on any atom is -0.465 e. The number of benzene rings is 2. The highest BCUT2D eigenvalue weighted by molar-refractivity contribution is 7.98. The van der Waals surface area contributed by atoms with Gasteiger partial charge in [0, 0.05) is 25.4 Å². The van der Waals surface area contributed by atoms with Crippen LogP contribution in [0.4, 0.5) is 0 Å². The number of sulfonamides is 1. The molecule has 0 radical (unpaired) electrons. The van der Waals surface area contributed by atoms with E-state index < -0.39 is 10.0 Å². The number of thioether (sulfide) groups is 1. The third-order valence-electron chi connectivity index (χ3n) is 6.51. The highest BCUT2D eigenvalue weighted by Gasteiger charge is 2.28. The highest BCUT2D eigenvalue weighted by atomic mass is 32.2. The van der Waals surface area contributed by atoms with E-state index in [1.165, 1.54) is 7.11 Å².